The second-order valence-electron chi connectivity index (χ2n) is 8.54. The van der Waals surface area contributed by atoms with Crippen LogP contribution in [0.2, 0.25) is 0 Å². The molecule has 0 spiro atoms. The number of carbonyl (C=O) groups is 2. The molecule has 1 saturated heterocycles. The summed E-state index contributed by atoms with van der Waals surface area (Å²) in [6.45, 7) is 1.40. The van der Waals surface area contributed by atoms with E-state index in [0.29, 0.717) is 35.9 Å². The number of nitrogens with two attached hydrogens (primary N) is 1. The number of fused-ring (bicyclic) bond motifs is 1. The molecule has 1 atom stereocenters. The number of amides is 2. The summed E-state index contributed by atoms with van der Waals surface area (Å²) in [6.07, 6.45) is 3.07. The van der Waals surface area contributed by atoms with Crippen molar-refractivity contribution >= 4 is 22.6 Å². The van der Waals surface area contributed by atoms with E-state index in [9.17, 15) is 9.59 Å². The van der Waals surface area contributed by atoms with Gasteiger partial charge < -0.3 is 20.1 Å². The van der Waals surface area contributed by atoms with E-state index in [1.54, 1.807) is 14.2 Å². The number of carbonyl (C=O) groups excluding carboxylic acids is 2. The normalized spacial score (nSPS) is 15.9. The first-order valence-corrected chi connectivity index (χ1v) is 11.3. The second-order valence-corrected chi connectivity index (χ2v) is 8.54. The van der Waals surface area contributed by atoms with Gasteiger partial charge in [-0.1, -0.05) is 36.4 Å². The molecule has 1 fully saturated rings. The summed E-state index contributed by atoms with van der Waals surface area (Å²) in [4.78, 5) is 26.6. The van der Waals surface area contributed by atoms with Gasteiger partial charge in [0.2, 0.25) is 5.91 Å². The Morgan fingerprint density at radius 3 is 2.48 bits per heavy atom. The molecular weight excluding hydrogens is 416 g/mol. The largest absolute Gasteiger partial charge is 0.493 e. The van der Waals surface area contributed by atoms with Gasteiger partial charge in [0, 0.05) is 25.1 Å². The van der Waals surface area contributed by atoms with Gasteiger partial charge in [-0.2, -0.15) is 0 Å². The average molecular weight is 447 g/mol. The van der Waals surface area contributed by atoms with Gasteiger partial charge in [-0.15, -0.1) is 0 Å². The lowest BCUT2D eigenvalue weighted by Crippen LogP contribution is -2.40. The number of likely N-dealkylation sites (tertiary alicyclic amines) is 1. The molecule has 33 heavy (non-hydrogen) atoms. The van der Waals surface area contributed by atoms with Gasteiger partial charge in [0.05, 0.1) is 14.2 Å². The molecule has 0 aliphatic carbocycles. The number of primary amides is 1. The second kappa shape index (κ2) is 9.94. The molecule has 1 heterocycles. The van der Waals surface area contributed by atoms with E-state index in [4.69, 9.17) is 15.2 Å². The first-order valence-electron chi connectivity index (χ1n) is 11.3. The number of benzene rings is 3. The predicted octanol–water partition coefficient (Wildman–Crippen LogP) is 4.64. The average Bonchev–Trinajstić information content (AvgIpc) is 2.86. The number of rotatable bonds is 7. The highest BCUT2D eigenvalue weighted by molar-refractivity contribution is 6.11. The Kier molecular flexibility index (Phi) is 6.82. The number of methoxy groups -OCH3 is 2. The van der Waals surface area contributed by atoms with Crippen molar-refractivity contribution in [3.63, 3.8) is 0 Å². The van der Waals surface area contributed by atoms with Crippen LogP contribution >= 0.6 is 0 Å². The molecule has 2 amide bonds. The highest BCUT2D eigenvalue weighted by Gasteiger charge is 2.26. The Morgan fingerprint density at radius 1 is 1.00 bits per heavy atom. The van der Waals surface area contributed by atoms with Crippen LogP contribution in [0, 0.1) is 5.92 Å². The van der Waals surface area contributed by atoms with Crippen molar-refractivity contribution < 1.29 is 19.1 Å². The number of hydrogen-bond acceptors (Lipinski definition) is 4. The van der Waals surface area contributed by atoms with Gasteiger partial charge in [0.15, 0.2) is 11.5 Å². The summed E-state index contributed by atoms with van der Waals surface area (Å²) >= 11 is 0. The summed E-state index contributed by atoms with van der Waals surface area (Å²) < 4.78 is 10.9. The van der Waals surface area contributed by atoms with Crippen LogP contribution in [0.25, 0.3) is 21.9 Å². The van der Waals surface area contributed by atoms with Gasteiger partial charge in [-0.05, 0) is 65.3 Å². The fraction of sp³-hybridized carbons (Fsp3) is 0.333. The van der Waals surface area contributed by atoms with E-state index in [-0.39, 0.29) is 11.8 Å². The van der Waals surface area contributed by atoms with Crippen molar-refractivity contribution in [3.05, 3.63) is 60.2 Å². The zero-order valence-electron chi connectivity index (χ0n) is 19.2. The Bertz CT molecular complexity index is 1170. The van der Waals surface area contributed by atoms with Crippen molar-refractivity contribution in [2.75, 3.05) is 27.3 Å². The molecule has 6 heteroatoms. The van der Waals surface area contributed by atoms with Crippen LogP contribution in [0.3, 0.4) is 0 Å². The minimum atomic E-state index is -0.282. The summed E-state index contributed by atoms with van der Waals surface area (Å²) in [5.74, 6) is 1.40. The lowest BCUT2D eigenvalue weighted by Gasteiger charge is -2.33. The molecule has 6 nitrogen and oxygen atoms in total. The summed E-state index contributed by atoms with van der Waals surface area (Å²) in [6, 6.07) is 17.8. The monoisotopic (exact) mass is 446 g/mol. The Balaban J connectivity index is 1.67. The van der Waals surface area contributed by atoms with E-state index in [0.717, 1.165) is 47.7 Å². The number of piperidine rings is 1. The van der Waals surface area contributed by atoms with Gasteiger partial charge >= 0.3 is 0 Å². The molecule has 0 bridgehead atoms. The minimum Gasteiger partial charge on any atom is -0.493 e. The maximum Gasteiger partial charge on any atom is 0.254 e. The Hall–Kier alpha value is -3.54. The van der Waals surface area contributed by atoms with Crippen LogP contribution in [-0.2, 0) is 4.79 Å². The first-order chi connectivity index (χ1) is 16.0. The first kappa shape index (κ1) is 22.6. The van der Waals surface area contributed by atoms with Crippen LogP contribution in [0.4, 0.5) is 0 Å². The molecule has 0 aromatic heterocycles. The molecule has 1 unspecified atom stereocenters. The Labute approximate surface area is 194 Å². The molecule has 3 aromatic rings. The van der Waals surface area contributed by atoms with Crippen molar-refractivity contribution in [1.29, 1.82) is 0 Å². The predicted molar refractivity (Wildman–Crippen MR) is 130 cm³/mol. The van der Waals surface area contributed by atoms with E-state index in [1.807, 2.05) is 59.5 Å². The quantitative estimate of drug-likeness (QED) is 0.573. The van der Waals surface area contributed by atoms with Crippen molar-refractivity contribution in [3.8, 4) is 22.6 Å². The fourth-order valence-electron chi connectivity index (χ4n) is 4.74. The third-order valence-corrected chi connectivity index (χ3v) is 6.45. The molecule has 1 aliphatic heterocycles. The molecule has 172 valence electrons. The van der Waals surface area contributed by atoms with Crippen LogP contribution < -0.4 is 15.2 Å². The third-order valence-electron chi connectivity index (χ3n) is 6.45. The van der Waals surface area contributed by atoms with E-state index in [2.05, 4.69) is 0 Å². The minimum absolute atomic E-state index is 0.0360. The Morgan fingerprint density at radius 2 is 1.76 bits per heavy atom. The van der Waals surface area contributed by atoms with Gasteiger partial charge in [-0.3, -0.25) is 9.59 Å². The maximum absolute atomic E-state index is 13.5. The molecule has 0 radical (unpaired) electrons. The molecule has 1 aliphatic rings. The molecule has 4 rings (SSSR count). The van der Waals surface area contributed by atoms with Gasteiger partial charge in [0.1, 0.15) is 0 Å². The highest BCUT2D eigenvalue weighted by Crippen LogP contribution is 2.37. The van der Waals surface area contributed by atoms with Gasteiger partial charge in [0.25, 0.3) is 5.91 Å². The standard InChI is InChI=1S/C27H30N2O4/c1-32-24-13-10-19(16-25(24)33-2)20-11-12-23(22-8-4-3-7-21(20)22)27(31)29-15-5-6-18(17-29)9-14-26(28)30/h3-4,7-8,10-13,16,18H,5-6,9,14-15,17H2,1-2H3,(H2,28,30). The topological polar surface area (TPSA) is 81.9 Å². The molecular formula is C27H30N2O4. The van der Waals surface area contributed by atoms with Crippen molar-refractivity contribution in [2.45, 2.75) is 25.7 Å². The van der Waals surface area contributed by atoms with Crippen molar-refractivity contribution in [1.82, 2.24) is 4.90 Å². The number of hydrogen-bond donors (Lipinski definition) is 1. The SMILES string of the molecule is COc1ccc(-c2ccc(C(=O)N3CCCC(CCC(N)=O)C3)c3ccccc23)cc1OC. The van der Waals surface area contributed by atoms with Gasteiger partial charge in [-0.25, -0.2) is 0 Å². The van der Waals surface area contributed by atoms with E-state index < -0.39 is 0 Å². The lowest BCUT2D eigenvalue weighted by molar-refractivity contribution is -0.118. The lowest BCUT2D eigenvalue weighted by atomic mass is 9.91. The van der Waals surface area contributed by atoms with Crippen molar-refractivity contribution in [2.24, 2.45) is 11.7 Å². The summed E-state index contributed by atoms with van der Waals surface area (Å²) in [5, 5.41) is 1.94. The smallest absolute Gasteiger partial charge is 0.254 e. The summed E-state index contributed by atoms with van der Waals surface area (Å²) in [7, 11) is 3.24. The zero-order valence-corrected chi connectivity index (χ0v) is 19.2. The fourth-order valence-corrected chi connectivity index (χ4v) is 4.74. The van der Waals surface area contributed by atoms with Crippen LogP contribution in [0.1, 0.15) is 36.0 Å². The molecule has 0 saturated carbocycles. The number of ether oxygens (including phenoxy) is 2. The highest BCUT2D eigenvalue weighted by atomic mass is 16.5. The third kappa shape index (κ3) is 4.80. The summed E-state index contributed by atoms with van der Waals surface area (Å²) in [5.41, 5.74) is 8.04. The molecule has 3 aromatic carbocycles. The number of nitrogens with zero attached hydrogens (tertiary/aromatic N) is 1. The van der Waals surface area contributed by atoms with Crippen LogP contribution in [0.15, 0.2) is 54.6 Å². The van der Waals surface area contributed by atoms with Crippen LogP contribution in [-0.4, -0.2) is 44.0 Å². The maximum atomic E-state index is 13.5. The van der Waals surface area contributed by atoms with E-state index in [1.165, 1.54) is 0 Å². The zero-order chi connectivity index (χ0) is 23.4. The van der Waals surface area contributed by atoms with Crippen LogP contribution in [0.5, 0.6) is 11.5 Å². The molecule has 2 N–H and O–H groups in total. The van der Waals surface area contributed by atoms with E-state index >= 15 is 0 Å².